The number of fused-ring (bicyclic) bond motifs is 1. The lowest BCUT2D eigenvalue weighted by Crippen LogP contribution is -2.28. The summed E-state index contributed by atoms with van der Waals surface area (Å²) in [5, 5.41) is 1.05. The van der Waals surface area contributed by atoms with Crippen LogP contribution in [0.3, 0.4) is 0 Å². The number of carbonyl (C=O) groups is 1. The van der Waals surface area contributed by atoms with Crippen molar-refractivity contribution in [3.05, 3.63) is 69.7 Å². The van der Waals surface area contributed by atoms with Crippen LogP contribution in [0.25, 0.3) is 16.3 Å². The number of rotatable bonds is 3. The number of amides is 1. The summed E-state index contributed by atoms with van der Waals surface area (Å²) in [5.74, 6) is 0.0599. The highest BCUT2D eigenvalue weighted by atomic mass is 79.9. The molecule has 126 valence electrons. The lowest BCUT2D eigenvalue weighted by atomic mass is 10.2. The number of nitrogens with zero attached hydrogens (tertiary/aromatic N) is 2. The second kappa shape index (κ2) is 7.10. The summed E-state index contributed by atoms with van der Waals surface area (Å²) < 4.78 is 2.22. The molecule has 1 unspecified atom stereocenters. The van der Waals surface area contributed by atoms with Gasteiger partial charge in [0.2, 0.25) is 5.91 Å². The molecule has 1 fully saturated rings. The molecular formula is C20H17BrN2OS. The molecular weight excluding hydrogens is 396 g/mol. The van der Waals surface area contributed by atoms with E-state index in [9.17, 15) is 4.79 Å². The summed E-state index contributed by atoms with van der Waals surface area (Å²) in [6, 6.07) is 16.2. The minimum absolute atomic E-state index is 0.0599. The van der Waals surface area contributed by atoms with Gasteiger partial charge in [-0.3, -0.25) is 4.79 Å². The second-order valence-corrected chi connectivity index (χ2v) is 8.07. The van der Waals surface area contributed by atoms with E-state index in [0.717, 1.165) is 39.9 Å². The average molecular weight is 413 g/mol. The van der Waals surface area contributed by atoms with Gasteiger partial charge in [-0.25, -0.2) is 4.98 Å². The fraction of sp³-hybridized carbons (Fsp3) is 0.200. The molecule has 0 N–H and O–H groups in total. The maximum atomic E-state index is 12.7. The van der Waals surface area contributed by atoms with Crippen LogP contribution in [0.15, 0.2) is 59.1 Å². The molecule has 5 heteroatoms. The van der Waals surface area contributed by atoms with E-state index in [1.165, 1.54) is 4.70 Å². The second-order valence-electron chi connectivity index (χ2n) is 6.09. The van der Waals surface area contributed by atoms with Crippen LogP contribution < -0.4 is 0 Å². The molecule has 1 atom stereocenters. The van der Waals surface area contributed by atoms with Crippen molar-refractivity contribution in [2.24, 2.45) is 0 Å². The summed E-state index contributed by atoms with van der Waals surface area (Å²) in [6.07, 6.45) is 5.56. The Morgan fingerprint density at radius 1 is 1.20 bits per heavy atom. The molecule has 1 aliphatic heterocycles. The summed E-state index contributed by atoms with van der Waals surface area (Å²) in [4.78, 5) is 19.4. The molecule has 0 radical (unpaired) electrons. The lowest BCUT2D eigenvalue weighted by Gasteiger charge is -2.21. The minimum Gasteiger partial charge on any atom is -0.330 e. The van der Waals surface area contributed by atoms with Crippen LogP contribution in [0.4, 0.5) is 0 Å². The standard InChI is InChI=1S/C20H17BrN2OS/c21-15-10-7-14(8-11-15)9-12-19(24)23-13-3-5-17(23)20-22-16-4-1-2-6-18(16)25-20/h1-2,4,6-12,17H,3,5,13H2. The van der Waals surface area contributed by atoms with E-state index >= 15 is 0 Å². The molecule has 0 aliphatic carbocycles. The minimum atomic E-state index is 0.0599. The van der Waals surface area contributed by atoms with Crippen molar-refractivity contribution in [2.75, 3.05) is 6.54 Å². The van der Waals surface area contributed by atoms with Crippen molar-refractivity contribution in [2.45, 2.75) is 18.9 Å². The zero-order valence-corrected chi connectivity index (χ0v) is 16.0. The normalized spacial score (nSPS) is 17.6. The van der Waals surface area contributed by atoms with Crippen molar-refractivity contribution in [3.63, 3.8) is 0 Å². The van der Waals surface area contributed by atoms with Gasteiger partial charge in [0.25, 0.3) is 0 Å². The summed E-state index contributed by atoms with van der Waals surface area (Å²) in [6.45, 7) is 0.796. The maximum absolute atomic E-state index is 12.7. The van der Waals surface area contributed by atoms with Crippen LogP contribution in [0.2, 0.25) is 0 Å². The molecule has 4 rings (SSSR count). The van der Waals surface area contributed by atoms with Gasteiger partial charge in [-0.15, -0.1) is 11.3 Å². The van der Waals surface area contributed by atoms with Crippen LogP contribution in [-0.2, 0) is 4.79 Å². The largest absolute Gasteiger partial charge is 0.330 e. The SMILES string of the molecule is O=C(C=Cc1ccc(Br)cc1)N1CCCC1c1nc2ccccc2s1. The Bertz CT molecular complexity index is 899. The highest BCUT2D eigenvalue weighted by Gasteiger charge is 2.31. The van der Waals surface area contributed by atoms with Gasteiger partial charge in [-0.1, -0.05) is 40.2 Å². The third-order valence-electron chi connectivity index (χ3n) is 4.42. The number of likely N-dealkylation sites (tertiary alicyclic amines) is 1. The van der Waals surface area contributed by atoms with E-state index in [1.807, 2.05) is 53.4 Å². The first-order valence-corrected chi connectivity index (χ1v) is 9.91. The summed E-state index contributed by atoms with van der Waals surface area (Å²) >= 11 is 5.12. The monoisotopic (exact) mass is 412 g/mol. The van der Waals surface area contributed by atoms with E-state index in [4.69, 9.17) is 4.98 Å². The van der Waals surface area contributed by atoms with E-state index in [-0.39, 0.29) is 11.9 Å². The van der Waals surface area contributed by atoms with Gasteiger partial charge in [0.1, 0.15) is 5.01 Å². The molecule has 2 heterocycles. The molecule has 3 nitrogen and oxygen atoms in total. The van der Waals surface area contributed by atoms with Crippen molar-refractivity contribution >= 4 is 49.5 Å². The topological polar surface area (TPSA) is 33.2 Å². The van der Waals surface area contributed by atoms with Crippen LogP contribution in [-0.4, -0.2) is 22.3 Å². The number of aromatic nitrogens is 1. The Balaban J connectivity index is 1.54. The van der Waals surface area contributed by atoms with E-state index in [0.29, 0.717) is 0 Å². The van der Waals surface area contributed by atoms with Gasteiger partial charge in [0, 0.05) is 17.1 Å². The number of benzene rings is 2. The molecule has 2 aromatic carbocycles. The molecule has 1 amide bonds. The Morgan fingerprint density at radius 3 is 2.80 bits per heavy atom. The predicted molar refractivity (Wildman–Crippen MR) is 106 cm³/mol. The van der Waals surface area contributed by atoms with Crippen molar-refractivity contribution in [1.82, 2.24) is 9.88 Å². The van der Waals surface area contributed by atoms with E-state index < -0.39 is 0 Å². The van der Waals surface area contributed by atoms with Crippen molar-refractivity contribution < 1.29 is 4.79 Å². The Kier molecular flexibility index (Phi) is 4.68. The third-order valence-corrected chi connectivity index (χ3v) is 6.09. The van der Waals surface area contributed by atoms with Crippen molar-refractivity contribution in [3.8, 4) is 0 Å². The first-order valence-electron chi connectivity index (χ1n) is 8.30. The Labute approximate surface area is 159 Å². The molecule has 0 bridgehead atoms. The number of hydrogen-bond donors (Lipinski definition) is 0. The number of para-hydroxylation sites is 1. The van der Waals surface area contributed by atoms with Crippen LogP contribution in [0.5, 0.6) is 0 Å². The Morgan fingerprint density at radius 2 is 2.00 bits per heavy atom. The van der Waals surface area contributed by atoms with Crippen molar-refractivity contribution in [1.29, 1.82) is 0 Å². The molecule has 0 saturated carbocycles. The van der Waals surface area contributed by atoms with Gasteiger partial charge in [-0.05, 0) is 48.7 Å². The highest BCUT2D eigenvalue weighted by molar-refractivity contribution is 9.10. The summed E-state index contributed by atoms with van der Waals surface area (Å²) in [7, 11) is 0. The van der Waals surface area contributed by atoms with Gasteiger partial charge in [0.05, 0.1) is 16.3 Å². The number of hydrogen-bond acceptors (Lipinski definition) is 3. The number of carbonyl (C=O) groups excluding carboxylic acids is 1. The zero-order valence-electron chi connectivity index (χ0n) is 13.6. The van der Waals surface area contributed by atoms with Gasteiger partial charge < -0.3 is 4.90 Å². The van der Waals surface area contributed by atoms with Crippen LogP contribution in [0, 0.1) is 0 Å². The zero-order chi connectivity index (χ0) is 17.2. The number of halogens is 1. The average Bonchev–Trinajstić information content (AvgIpc) is 3.27. The smallest absolute Gasteiger partial charge is 0.247 e. The fourth-order valence-electron chi connectivity index (χ4n) is 3.16. The molecule has 25 heavy (non-hydrogen) atoms. The van der Waals surface area contributed by atoms with Crippen LogP contribution in [0.1, 0.15) is 29.5 Å². The molecule has 1 aromatic heterocycles. The highest BCUT2D eigenvalue weighted by Crippen LogP contribution is 2.36. The molecule has 1 aliphatic rings. The third kappa shape index (κ3) is 3.53. The van der Waals surface area contributed by atoms with Crippen LogP contribution >= 0.6 is 27.3 Å². The van der Waals surface area contributed by atoms with Gasteiger partial charge >= 0.3 is 0 Å². The lowest BCUT2D eigenvalue weighted by molar-refractivity contribution is -0.126. The first-order chi connectivity index (χ1) is 12.2. The fourth-order valence-corrected chi connectivity index (χ4v) is 4.54. The summed E-state index contributed by atoms with van der Waals surface area (Å²) in [5.41, 5.74) is 2.04. The van der Waals surface area contributed by atoms with Gasteiger partial charge in [0.15, 0.2) is 0 Å². The van der Waals surface area contributed by atoms with E-state index in [2.05, 4.69) is 22.0 Å². The molecule has 1 saturated heterocycles. The number of thiazole rings is 1. The molecule has 3 aromatic rings. The quantitative estimate of drug-likeness (QED) is 0.536. The van der Waals surface area contributed by atoms with E-state index in [1.54, 1.807) is 17.4 Å². The first kappa shape index (κ1) is 16.5. The maximum Gasteiger partial charge on any atom is 0.247 e. The van der Waals surface area contributed by atoms with Gasteiger partial charge in [-0.2, -0.15) is 0 Å². The predicted octanol–water partition coefficient (Wildman–Crippen LogP) is 5.44. The molecule has 0 spiro atoms. The Hall–Kier alpha value is -1.98.